The van der Waals surface area contributed by atoms with E-state index in [1.807, 2.05) is 30.3 Å². The quantitative estimate of drug-likeness (QED) is 0.396. The first kappa shape index (κ1) is 18.4. The van der Waals surface area contributed by atoms with Crippen molar-refractivity contribution in [2.24, 2.45) is 0 Å². The number of aliphatic hydroxyl groups excluding tert-OH is 1. The van der Waals surface area contributed by atoms with Crippen LogP contribution in [0, 0.1) is 0 Å². The first-order valence-corrected chi connectivity index (χ1v) is 10.2. The number of carbonyl (C=O) groups excluding carboxylic acids is 2. The summed E-state index contributed by atoms with van der Waals surface area (Å²) in [5.74, 6) is -0.695. The summed E-state index contributed by atoms with van der Waals surface area (Å²) in [7, 11) is 0. The lowest BCUT2D eigenvalue weighted by Crippen LogP contribution is -2.29. The molecule has 1 atom stereocenters. The Bertz CT molecular complexity index is 1160. The van der Waals surface area contributed by atoms with Gasteiger partial charge >= 0.3 is 5.91 Å². The highest BCUT2D eigenvalue weighted by molar-refractivity contribution is 7.14. The van der Waals surface area contributed by atoms with Gasteiger partial charge in [-0.1, -0.05) is 30.3 Å². The van der Waals surface area contributed by atoms with E-state index in [4.69, 9.17) is 9.47 Å². The van der Waals surface area contributed by atoms with Crippen LogP contribution in [0.2, 0.25) is 0 Å². The number of hydrogen-bond acceptors (Lipinski definition) is 7. The van der Waals surface area contributed by atoms with E-state index in [1.165, 1.54) is 16.2 Å². The van der Waals surface area contributed by atoms with Crippen molar-refractivity contribution >= 4 is 33.9 Å². The molecule has 2 aliphatic heterocycles. The number of ketones is 1. The van der Waals surface area contributed by atoms with E-state index in [1.54, 1.807) is 29.8 Å². The van der Waals surface area contributed by atoms with Crippen molar-refractivity contribution in [2.75, 3.05) is 18.1 Å². The molecular formula is C22H16N2O5S. The van der Waals surface area contributed by atoms with Crippen LogP contribution in [-0.2, 0) is 9.59 Å². The lowest BCUT2D eigenvalue weighted by atomic mass is 9.95. The van der Waals surface area contributed by atoms with Gasteiger partial charge in [-0.3, -0.25) is 14.5 Å². The molecule has 0 spiro atoms. The maximum Gasteiger partial charge on any atom is 0.301 e. The Balaban J connectivity index is 1.68. The third kappa shape index (κ3) is 2.93. The topological polar surface area (TPSA) is 89.0 Å². The maximum atomic E-state index is 13.0. The van der Waals surface area contributed by atoms with Crippen LogP contribution in [0.5, 0.6) is 11.5 Å². The molecule has 0 radical (unpaired) electrons. The van der Waals surface area contributed by atoms with Crippen LogP contribution in [0.4, 0.5) is 5.13 Å². The molecule has 8 heteroatoms. The molecule has 1 unspecified atom stereocenters. The summed E-state index contributed by atoms with van der Waals surface area (Å²) in [6.07, 6.45) is 1.57. The molecule has 1 N–H and O–H groups in total. The molecule has 1 fully saturated rings. The molecule has 3 heterocycles. The minimum absolute atomic E-state index is 0.0121. The summed E-state index contributed by atoms with van der Waals surface area (Å²) in [6, 6.07) is 13.3. The van der Waals surface area contributed by atoms with Crippen molar-refractivity contribution in [3.8, 4) is 11.5 Å². The van der Waals surface area contributed by atoms with Crippen LogP contribution in [0.3, 0.4) is 0 Å². The van der Waals surface area contributed by atoms with E-state index in [2.05, 4.69) is 4.98 Å². The number of fused-ring (bicyclic) bond motifs is 1. The number of carbonyl (C=O) groups is 2. The molecule has 150 valence electrons. The number of hydrogen-bond donors (Lipinski definition) is 1. The van der Waals surface area contributed by atoms with Crippen molar-refractivity contribution in [1.82, 2.24) is 4.98 Å². The Labute approximate surface area is 175 Å². The molecular weight excluding hydrogens is 404 g/mol. The van der Waals surface area contributed by atoms with Gasteiger partial charge in [-0.05, 0) is 23.8 Å². The average molecular weight is 420 g/mol. The van der Waals surface area contributed by atoms with Crippen molar-refractivity contribution in [3.63, 3.8) is 0 Å². The predicted octanol–water partition coefficient (Wildman–Crippen LogP) is 3.54. The highest BCUT2D eigenvalue weighted by Gasteiger charge is 2.47. The maximum absolute atomic E-state index is 13.0. The highest BCUT2D eigenvalue weighted by Crippen LogP contribution is 2.43. The van der Waals surface area contributed by atoms with Gasteiger partial charge in [0, 0.05) is 17.1 Å². The molecule has 3 aromatic rings. The zero-order valence-electron chi connectivity index (χ0n) is 15.6. The van der Waals surface area contributed by atoms with Crippen molar-refractivity contribution in [1.29, 1.82) is 0 Å². The number of benzene rings is 2. The number of aromatic nitrogens is 1. The van der Waals surface area contributed by atoms with Crippen LogP contribution >= 0.6 is 11.3 Å². The molecule has 0 bridgehead atoms. The van der Waals surface area contributed by atoms with Gasteiger partial charge < -0.3 is 14.6 Å². The zero-order chi connectivity index (χ0) is 20.7. The van der Waals surface area contributed by atoms with Gasteiger partial charge in [0.2, 0.25) is 0 Å². The lowest BCUT2D eigenvalue weighted by molar-refractivity contribution is -0.132. The number of Topliss-reactive ketones (excluding diaryl/α,β-unsaturated/α-hetero) is 1. The van der Waals surface area contributed by atoms with Gasteiger partial charge in [-0.15, -0.1) is 11.3 Å². The number of thiazole rings is 1. The first-order chi connectivity index (χ1) is 14.6. The van der Waals surface area contributed by atoms with E-state index in [9.17, 15) is 14.7 Å². The summed E-state index contributed by atoms with van der Waals surface area (Å²) < 4.78 is 11.1. The second-order valence-electron chi connectivity index (χ2n) is 6.75. The second kappa shape index (κ2) is 7.31. The smallest absolute Gasteiger partial charge is 0.301 e. The van der Waals surface area contributed by atoms with Gasteiger partial charge in [0.25, 0.3) is 5.78 Å². The van der Waals surface area contributed by atoms with E-state index < -0.39 is 17.7 Å². The Morgan fingerprint density at radius 1 is 1.07 bits per heavy atom. The highest BCUT2D eigenvalue weighted by atomic mass is 32.1. The molecule has 0 aliphatic carbocycles. The Kier molecular flexibility index (Phi) is 4.48. The van der Waals surface area contributed by atoms with Gasteiger partial charge in [-0.2, -0.15) is 0 Å². The van der Waals surface area contributed by atoms with Gasteiger partial charge in [0.15, 0.2) is 16.6 Å². The lowest BCUT2D eigenvalue weighted by Gasteiger charge is -2.23. The molecule has 5 rings (SSSR count). The van der Waals surface area contributed by atoms with Crippen LogP contribution in [-0.4, -0.2) is 35.0 Å². The van der Waals surface area contributed by atoms with E-state index in [0.29, 0.717) is 41.0 Å². The Morgan fingerprint density at radius 2 is 1.83 bits per heavy atom. The SMILES string of the molecule is O=C1C(=O)N(c2nccs2)C(c2ccccc2)C1=C(O)c1ccc2c(c1)OCCO2. The van der Waals surface area contributed by atoms with Crippen LogP contribution in [0.15, 0.2) is 65.7 Å². The monoisotopic (exact) mass is 420 g/mol. The summed E-state index contributed by atoms with van der Waals surface area (Å²) in [6.45, 7) is 0.848. The fourth-order valence-corrected chi connectivity index (χ4v) is 4.33. The fourth-order valence-electron chi connectivity index (χ4n) is 3.66. The molecule has 2 aliphatic rings. The standard InChI is InChI=1S/C22H16N2O5S/c25-19(14-6-7-15-16(12-14)29-10-9-28-15)17-18(13-4-2-1-3-5-13)24(21(27)20(17)26)22-23-8-11-30-22/h1-8,11-12,18,25H,9-10H2. The molecule has 2 aromatic carbocycles. The summed E-state index contributed by atoms with van der Waals surface area (Å²) in [5.41, 5.74) is 1.08. The minimum atomic E-state index is -0.787. The largest absolute Gasteiger partial charge is 0.507 e. The predicted molar refractivity (Wildman–Crippen MR) is 111 cm³/mol. The number of rotatable bonds is 3. The molecule has 30 heavy (non-hydrogen) atoms. The minimum Gasteiger partial charge on any atom is -0.507 e. The summed E-state index contributed by atoms with van der Waals surface area (Å²) in [5, 5.41) is 13.3. The number of amides is 1. The third-order valence-electron chi connectivity index (χ3n) is 5.00. The summed E-state index contributed by atoms with van der Waals surface area (Å²) in [4.78, 5) is 31.5. The molecule has 1 aromatic heterocycles. The molecule has 0 saturated carbocycles. The number of nitrogens with zero attached hydrogens (tertiary/aromatic N) is 2. The van der Waals surface area contributed by atoms with Crippen molar-refractivity contribution < 1.29 is 24.2 Å². The van der Waals surface area contributed by atoms with Gasteiger partial charge in [0.1, 0.15) is 19.0 Å². The van der Waals surface area contributed by atoms with Gasteiger partial charge in [-0.25, -0.2) is 4.98 Å². The molecule has 1 amide bonds. The number of anilines is 1. The van der Waals surface area contributed by atoms with E-state index in [-0.39, 0.29) is 11.3 Å². The van der Waals surface area contributed by atoms with Crippen LogP contribution < -0.4 is 14.4 Å². The first-order valence-electron chi connectivity index (χ1n) is 9.30. The fraction of sp³-hybridized carbons (Fsp3) is 0.136. The third-order valence-corrected chi connectivity index (χ3v) is 5.77. The Morgan fingerprint density at radius 3 is 2.57 bits per heavy atom. The van der Waals surface area contributed by atoms with E-state index in [0.717, 1.165) is 0 Å². The normalized spacial score (nSPS) is 19.9. The van der Waals surface area contributed by atoms with Crippen LogP contribution in [0.25, 0.3) is 5.76 Å². The molecule has 7 nitrogen and oxygen atoms in total. The van der Waals surface area contributed by atoms with Crippen molar-refractivity contribution in [2.45, 2.75) is 6.04 Å². The zero-order valence-corrected chi connectivity index (χ0v) is 16.5. The summed E-state index contributed by atoms with van der Waals surface area (Å²) >= 11 is 1.25. The van der Waals surface area contributed by atoms with Crippen molar-refractivity contribution in [3.05, 3.63) is 76.8 Å². The average Bonchev–Trinajstić information content (AvgIpc) is 3.40. The van der Waals surface area contributed by atoms with Crippen LogP contribution in [0.1, 0.15) is 17.2 Å². The Hall–Kier alpha value is -3.65. The number of ether oxygens (including phenoxy) is 2. The number of aliphatic hydroxyl groups is 1. The second-order valence-corrected chi connectivity index (χ2v) is 7.63. The molecule has 1 saturated heterocycles. The van der Waals surface area contributed by atoms with Gasteiger partial charge in [0.05, 0.1) is 11.6 Å². The van der Waals surface area contributed by atoms with E-state index >= 15 is 0 Å².